The molecule has 1 aliphatic rings. The zero-order valence-electron chi connectivity index (χ0n) is 24.2. The molecule has 0 saturated heterocycles. The Balaban J connectivity index is 1.18. The molecule has 0 saturated carbocycles. The van der Waals surface area contributed by atoms with Crippen molar-refractivity contribution in [1.82, 2.24) is 15.0 Å². The fourth-order valence-electron chi connectivity index (χ4n) is 6.32. The zero-order chi connectivity index (χ0) is 29.7. The highest BCUT2D eigenvalue weighted by atomic mass is 16.5. The second kappa shape index (κ2) is 10.2. The van der Waals surface area contributed by atoms with Crippen LogP contribution in [0.5, 0.6) is 11.5 Å². The highest BCUT2D eigenvalue weighted by Gasteiger charge is 2.21. The molecule has 0 amide bonds. The van der Waals surface area contributed by atoms with E-state index in [1.807, 2.05) is 72.8 Å². The lowest BCUT2D eigenvalue weighted by Crippen LogP contribution is -2.00. The Morgan fingerprint density at radius 3 is 1.69 bits per heavy atom. The van der Waals surface area contributed by atoms with Gasteiger partial charge in [0.2, 0.25) is 0 Å². The molecule has 4 nitrogen and oxygen atoms in total. The van der Waals surface area contributed by atoms with Gasteiger partial charge in [-0.25, -0.2) is 15.0 Å². The van der Waals surface area contributed by atoms with E-state index >= 15 is 0 Å². The Hall–Kier alpha value is -6.13. The van der Waals surface area contributed by atoms with Crippen molar-refractivity contribution in [2.24, 2.45) is 0 Å². The van der Waals surface area contributed by atoms with Crippen LogP contribution in [0, 0.1) is 0 Å². The third kappa shape index (κ3) is 4.35. The van der Waals surface area contributed by atoms with E-state index in [1.54, 1.807) is 0 Å². The van der Waals surface area contributed by atoms with E-state index in [4.69, 9.17) is 19.7 Å². The summed E-state index contributed by atoms with van der Waals surface area (Å²) in [4.78, 5) is 14.7. The number of aromatic nitrogens is 3. The van der Waals surface area contributed by atoms with E-state index in [2.05, 4.69) is 78.9 Å². The summed E-state index contributed by atoms with van der Waals surface area (Å²) in [5.41, 5.74) is 7.49. The van der Waals surface area contributed by atoms with Crippen LogP contribution in [0.2, 0.25) is 0 Å². The minimum absolute atomic E-state index is 0.646. The van der Waals surface area contributed by atoms with Crippen LogP contribution in [0.25, 0.3) is 78.0 Å². The van der Waals surface area contributed by atoms with E-state index in [1.165, 1.54) is 16.5 Å². The van der Waals surface area contributed by atoms with Crippen molar-refractivity contribution in [2.75, 3.05) is 0 Å². The van der Waals surface area contributed by atoms with Gasteiger partial charge >= 0.3 is 0 Å². The quantitative estimate of drug-likeness (QED) is 0.209. The first kappa shape index (κ1) is 25.4. The first-order chi connectivity index (χ1) is 22.3. The summed E-state index contributed by atoms with van der Waals surface area (Å²) in [6.07, 6.45) is 0. The largest absolute Gasteiger partial charge is 0.456 e. The van der Waals surface area contributed by atoms with E-state index in [0.29, 0.717) is 17.5 Å². The predicted octanol–water partition coefficient (Wildman–Crippen LogP) is 10.6. The second-order valence-electron chi connectivity index (χ2n) is 11.3. The number of hydrogen-bond acceptors (Lipinski definition) is 4. The van der Waals surface area contributed by atoms with Crippen LogP contribution in [-0.4, -0.2) is 15.0 Å². The lowest BCUT2D eigenvalue weighted by molar-refractivity contribution is 0.487. The van der Waals surface area contributed by atoms with Gasteiger partial charge in [0.05, 0.1) is 0 Å². The molecule has 0 spiro atoms. The summed E-state index contributed by atoms with van der Waals surface area (Å²) < 4.78 is 6.34. The highest BCUT2D eigenvalue weighted by molar-refractivity contribution is 6.10. The lowest BCUT2D eigenvalue weighted by atomic mass is 9.90. The molecule has 0 bridgehead atoms. The third-order valence-electron chi connectivity index (χ3n) is 8.51. The summed E-state index contributed by atoms with van der Waals surface area (Å²) >= 11 is 0. The summed E-state index contributed by atoms with van der Waals surface area (Å²) in [6.45, 7) is 0. The lowest BCUT2D eigenvalue weighted by Gasteiger charge is -2.22. The topological polar surface area (TPSA) is 47.9 Å². The van der Waals surface area contributed by atoms with Crippen LogP contribution in [0.15, 0.2) is 152 Å². The first-order valence-corrected chi connectivity index (χ1v) is 15.0. The fourth-order valence-corrected chi connectivity index (χ4v) is 6.32. The van der Waals surface area contributed by atoms with Crippen LogP contribution < -0.4 is 4.74 Å². The van der Waals surface area contributed by atoms with Gasteiger partial charge in [-0.05, 0) is 57.1 Å². The van der Waals surface area contributed by atoms with Gasteiger partial charge < -0.3 is 4.74 Å². The van der Waals surface area contributed by atoms with Gasteiger partial charge in [0, 0.05) is 27.6 Å². The Labute approximate surface area is 260 Å². The minimum Gasteiger partial charge on any atom is -0.456 e. The fraction of sp³-hybridized carbons (Fsp3) is 0. The Kier molecular flexibility index (Phi) is 5.78. The zero-order valence-corrected chi connectivity index (χ0v) is 24.2. The smallest absolute Gasteiger partial charge is 0.164 e. The number of hydrogen-bond donors (Lipinski definition) is 0. The van der Waals surface area contributed by atoms with Crippen LogP contribution in [0.3, 0.4) is 0 Å². The SMILES string of the molecule is c1ccc(-c2nc(-c3ccccc3)nc(-c3ccc4ccc(-c5ccc6c7c(cccc57)-c5ccccc5O6)cc4c3)n2)cc1. The number of fused-ring (bicyclic) bond motifs is 3. The van der Waals surface area contributed by atoms with Crippen LogP contribution in [-0.2, 0) is 0 Å². The molecule has 9 rings (SSSR count). The van der Waals surface area contributed by atoms with Crippen molar-refractivity contribution in [2.45, 2.75) is 0 Å². The molecule has 7 aromatic carbocycles. The molecule has 0 aliphatic carbocycles. The van der Waals surface area contributed by atoms with Gasteiger partial charge in [-0.3, -0.25) is 0 Å². The summed E-state index contributed by atoms with van der Waals surface area (Å²) in [6, 6.07) is 52.3. The molecule has 8 aromatic rings. The molecule has 4 heteroatoms. The van der Waals surface area contributed by atoms with E-state index in [0.717, 1.165) is 55.5 Å². The maximum atomic E-state index is 6.34. The van der Waals surface area contributed by atoms with Gasteiger partial charge in [-0.2, -0.15) is 0 Å². The average molecular weight is 576 g/mol. The Morgan fingerprint density at radius 1 is 0.356 bits per heavy atom. The van der Waals surface area contributed by atoms with Crippen molar-refractivity contribution in [3.63, 3.8) is 0 Å². The van der Waals surface area contributed by atoms with Crippen LogP contribution in [0.4, 0.5) is 0 Å². The maximum Gasteiger partial charge on any atom is 0.164 e. The van der Waals surface area contributed by atoms with Gasteiger partial charge in [-0.15, -0.1) is 0 Å². The second-order valence-corrected chi connectivity index (χ2v) is 11.3. The van der Waals surface area contributed by atoms with Crippen LogP contribution in [0.1, 0.15) is 0 Å². The standard InChI is InChI=1S/C41H25N3O/c1-3-10-27(11-4-1)39-42-40(28-12-5-2-6-13-28)44-41(43-39)30-21-19-26-18-20-29(24-31(26)25-30)32-22-23-37-38-34(32)15-9-16-35(38)33-14-7-8-17-36(33)45-37/h1-25H. The molecule has 0 radical (unpaired) electrons. The molecule has 1 aliphatic heterocycles. The Bertz CT molecular complexity index is 2340. The number of rotatable bonds is 4. The summed E-state index contributed by atoms with van der Waals surface area (Å²) in [7, 11) is 0. The van der Waals surface area contributed by atoms with Gasteiger partial charge in [0.25, 0.3) is 0 Å². The minimum atomic E-state index is 0.646. The molecule has 210 valence electrons. The number of ether oxygens (including phenoxy) is 1. The normalized spacial score (nSPS) is 11.7. The van der Waals surface area contributed by atoms with Crippen molar-refractivity contribution in [3.8, 4) is 67.9 Å². The van der Waals surface area contributed by atoms with Gasteiger partial charge in [0.15, 0.2) is 17.5 Å². The molecule has 0 unspecified atom stereocenters. The van der Waals surface area contributed by atoms with Crippen molar-refractivity contribution in [3.05, 3.63) is 152 Å². The van der Waals surface area contributed by atoms with Crippen molar-refractivity contribution in [1.29, 1.82) is 0 Å². The predicted molar refractivity (Wildman–Crippen MR) is 182 cm³/mol. The van der Waals surface area contributed by atoms with E-state index in [9.17, 15) is 0 Å². The average Bonchev–Trinajstić information content (AvgIpc) is 3.12. The molecule has 1 aromatic heterocycles. The summed E-state index contributed by atoms with van der Waals surface area (Å²) in [5.74, 6) is 3.74. The Morgan fingerprint density at radius 2 is 0.956 bits per heavy atom. The molecule has 2 heterocycles. The number of para-hydroxylation sites is 1. The molecule has 0 N–H and O–H groups in total. The van der Waals surface area contributed by atoms with Crippen LogP contribution >= 0.6 is 0 Å². The summed E-state index contributed by atoms with van der Waals surface area (Å²) in [5, 5.41) is 4.60. The van der Waals surface area contributed by atoms with Crippen molar-refractivity contribution >= 4 is 21.5 Å². The van der Waals surface area contributed by atoms with E-state index < -0.39 is 0 Å². The molecule has 0 atom stereocenters. The molecule has 0 fully saturated rings. The van der Waals surface area contributed by atoms with Crippen molar-refractivity contribution < 1.29 is 4.74 Å². The number of benzene rings is 7. The van der Waals surface area contributed by atoms with Gasteiger partial charge in [-0.1, -0.05) is 127 Å². The van der Waals surface area contributed by atoms with E-state index in [-0.39, 0.29) is 0 Å². The monoisotopic (exact) mass is 575 g/mol. The first-order valence-electron chi connectivity index (χ1n) is 15.0. The molecule has 45 heavy (non-hydrogen) atoms. The molecular formula is C41H25N3O. The maximum absolute atomic E-state index is 6.34. The highest BCUT2D eigenvalue weighted by Crippen LogP contribution is 2.48. The van der Waals surface area contributed by atoms with Gasteiger partial charge in [0.1, 0.15) is 11.5 Å². The third-order valence-corrected chi connectivity index (χ3v) is 8.51. The number of nitrogens with zero attached hydrogens (tertiary/aromatic N) is 3. The molecular weight excluding hydrogens is 550 g/mol.